The van der Waals surface area contributed by atoms with Crippen molar-refractivity contribution in [2.45, 2.75) is 0 Å². The molecule has 8 aromatic carbocycles. The molecule has 0 aliphatic carbocycles. The highest BCUT2D eigenvalue weighted by Gasteiger charge is 2.19. The van der Waals surface area contributed by atoms with Gasteiger partial charge in [0.05, 0.1) is 22.1 Å². The molecular weight excluding hydrogens is 757 g/mol. The van der Waals surface area contributed by atoms with Gasteiger partial charge in [0.1, 0.15) is 0 Å². The lowest BCUT2D eigenvalue weighted by molar-refractivity contribution is 1.07. The summed E-state index contributed by atoms with van der Waals surface area (Å²) in [5, 5.41) is 4.83. The molecule has 0 amide bonds. The zero-order valence-corrected chi connectivity index (χ0v) is 33.5. The summed E-state index contributed by atoms with van der Waals surface area (Å²) in [5.74, 6) is 1.81. The van der Waals surface area contributed by atoms with E-state index in [2.05, 4.69) is 155 Å². The van der Waals surface area contributed by atoms with Crippen molar-refractivity contribution in [1.29, 1.82) is 0 Å². The smallest absolute Gasteiger partial charge is 0.165 e. The second kappa shape index (κ2) is 14.7. The summed E-state index contributed by atoms with van der Waals surface area (Å²) in [6.45, 7) is 0. The third kappa shape index (κ3) is 5.96. The van der Waals surface area contributed by atoms with Crippen LogP contribution in [0.2, 0.25) is 0 Å². The summed E-state index contributed by atoms with van der Waals surface area (Å²) < 4.78 is 4.74. The molecule has 0 radical (unpaired) electrons. The van der Waals surface area contributed by atoms with Crippen molar-refractivity contribution in [3.8, 4) is 67.8 Å². The molecule has 0 saturated heterocycles. The average molecular weight is 793 g/mol. The number of hydrogen-bond donors (Lipinski definition) is 0. The first-order valence-electron chi connectivity index (χ1n) is 20.8. The van der Waals surface area contributed by atoms with E-state index in [9.17, 15) is 0 Å². The molecule has 6 heteroatoms. The minimum absolute atomic E-state index is 0.572. The molecule has 0 N–H and O–H groups in total. The lowest BCUT2D eigenvalue weighted by Crippen LogP contribution is -2.00. The minimum atomic E-state index is 0.572. The van der Waals surface area contributed by atoms with Crippen LogP contribution in [0, 0.1) is 0 Å². The topological polar surface area (TPSA) is 61.4 Å². The Bertz CT molecular complexity index is 3550. The van der Waals surface area contributed by atoms with E-state index >= 15 is 0 Å². The quantitative estimate of drug-likeness (QED) is 0.161. The Hall–Kier alpha value is -8.48. The van der Waals surface area contributed by atoms with E-state index in [0.717, 1.165) is 61.2 Å². The van der Waals surface area contributed by atoms with E-state index in [-0.39, 0.29) is 0 Å². The molecule has 0 fully saturated rings. The molecule has 0 spiro atoms. The highest BCUT2D eigenvalue weighted by Crippen LogP contribution is 2.40. The molecular formula is C56H36N6. The van der Waals surface area contributed by atoms with Gasteiger partial charge in [-0.25, -0.2) is 15.0 Å². The summed E-state index contributed by atoms with van der Waals surface area (Å²) >= 11 is 0. The van der Waals surface area contributed by atoms with Crippen LogP contribution in [0.25, 0.3) is 111 Å². The standard InChI is InChI=1S/C56H36N6/c1-4-15-38(16-5-1)54-58-55(39-17-6-2-7-18-39)60-56(59-54)42-33-41(35-57-36-42)45-23-14-26-51-53(45)48-22-11-13-25-50(48)61(51)44-30-27-37(28-31-44)40-29-32-47-46-21-10-12-24-49(46)62(52(47)34-40)43-19-8-3-9-20-43/h1-36H. The number of rotatable bonds is 7. The Morgan fingerprint density at radius 3 is 1.48 bits per heavy atom. The normalized spacial score (nSPS) is 11.5. The third-order valence-electron chi connectivity index (χ3n) is 11.9. The highest BCUT2D eigenvalue weighted by atomic mass is 15.0. The Labute approximate surface area is 357 Å². The maximum Gasteiger partial charge on any atom is 0.165 e. The number of pyridine rings is 1. The van der Waals surface area contributed by atoms with Gasteiger partial charge in [0, 0.05) is 67.6 Å². The zero-order valence-electron chi connectivity index (χ0n) is 33.5. The molecule has 4 aromatic heterocycles. The van der Waals surface area contributed by atoms with Gasteiger partial charge in [0.15, 0.2) is 17.5 Å². The fraction of sp³-hybridized carbons (Fsp3) is 0. The first kappa shape index (κ1) is 35.5. The minimum Gasteiger partial charge on any atom is -0.309 e. The third-order valence-corrected chi connectivity index (χ3v) is 11.9. The Morgan fingerprint density at radius 1 is 0.290 bits per heavy atom. The van der Waals surface area contributed by atoms with E-state index < -0.39 is 0 Å². The SMILES string of the molecule is c1ccc(-c2nc(-c3ccccc3)nc(-c3cncc(-c4cccc5c4c4ccccc4n5-c4ccc(-c5ccc6c7ccccc7n(-c7ccccc7)c6c5)cc4)c3)n2)cc1. The van der Waals surface area contributed by atoms with Crippen LogP contribution in [-0.4, -0.2) is 29.1 Å². The molecule has 0 aliphatic heterocycles. The van der Waals surface area contributed by atoms with Crippen LogP contribution in [0.5, 0.6) is 0 Å². The van der Waals surface area contributed by atoms with Crippen LogP contribution in [0.1, 0.15) is 0 Å². The van der Waals surface area contributed by atoms with Crippen molar-refractivity contribution in [1.82, 2.24) is 29.1 Å². The molecule has 62 heavy (non-hydrogen) atoms. The van der Waals surface area contributed by atoms with E-state index in [0.29, 0.717) is 17.5 Å². The number of para-hydroxylation sites is 3. The summed E-state index contributed by atoms with van der Waals surface area (Å²) in [6.07, 6.45) is 3.77. The lowest BCUT2D eigenvalue weighted by atomic mass is 9.99. The lowest BCUT2D eigenvalue weighted by Gasteiger charge is -2.11. The Balaban J connectivity index is 0.957. The Morgan fingerprint density at radius 2 is 0.790 bits per heavy atom. The number of fused-ring (bicyclic) bond motifs is 6. The monoisotopic (exact) mass is 792 g/mol. The van der Waals surface area contributed by atoms with Crippen LogP contribution < -0.4 is 0 Å². The molecule has 0 bridgehead atoms. The zero-order chi connectivity index (χ0) is 41.0. The number of benzene rings is 8. The predicted octanol–water partition coefficient (Wildman–Crippen LogP) is 13.8. The van der Waals surface area contributed by atoms with Gasteiger partial charge in [-0.2, -0.15) is 0 Å². The van der Waals surface area contributed by atoms with E-state index in [1.54, 1.807) is 0 Å². The van der Waals surface area contributed by atoms with Crippen LogP contribution >= 0.6 is 0 Å². The number of hydrogen-bond acceptors (Lipinski definition) is 4. The van der Waals surface area contributed by atoms with Crippen LogP contribution in [0.3, 0.4) is 0 Å². The second-order valence-electron chi connectivity index (χ2n) is 15.5. The average Bonchev–Trinajstić information content (AvgIpc) is 3.87. The van der Waals surface area contributed by atoms with Crippen molar-refractivity contribution in [3.63, 3.8) is 0 Å². The fourth-order valence-electron chi connectivity index (χ4n) is 8.99. The van der Waals surface area contributed by atoms with Crippen molar-refractivity contribution in [2.75, 3.05) is 0 Å². The highest BCUT2D eigenvalue weighted by molar-refractivity contribution is 6.16. The van der Waals surface area contributed by atoms with Gasteiger partial charge < -0.3 is 9.13 Å². The van der Waals surface area contributed by atoms with Gasteiger partial charge in [0.25, 0.3) is 0 Å². The molecule has 0 saturated carbocycles. The van der Waals surface area contributed by atoms with Crippen molar-refractivity contribution in [3.05, 3.63) is 219 Å². The summed E-state index contributed by atoms with van der Waals surface area (Å²) in [4.78, 5) is 19.7. The van der Waals surface area contributed by atoms with Crippen LogP contribution in [0.15, 0.2) is 219 Å². The molecule has 4 heterocycles. The van der Waals surface area contributed by atoms with E-state index in [1.807, 2.05) is 73.1 Å². The largest absolute Gasteiger partial charge is 0.309 e. The summed E-state index contributed by atoms with van der Waals surface area (Å²) in [7, 11) is 0. The first-order valence-corrected chi connectivity index (χ1v) is 20.8. The number of nitrogens with zero attached hydrogens (tertiary/aromatic N) is 6. The summed E-state index contributed by atoms with van der Waals surface area (Å²) in [6, 6.07) is 72.5. The molecule has 0 atom stereocenters. The van der Waals surface area contributed by atoms with Gasteiger partial charge in [-0.1, -0.05) is 152 Å². The Kier molecular flexibility index (Phi) is 8.38. The van der Waals surface area contributed by atoms with Crippen molar-refractivity contribution >= 4 is 43.6 Å². The maximum absolute atomic E-state index is 4.99. The van der Waals surface area contributed by atoms with Gasteiger partial charge in [-0.15, -0.1) is 0 Å². The molecule has 12 rings (SSSR count). The fourth-order valence-corrected chi connectivity index (χ4v) is 8.99. The second-order valence-corrected chi connectivity index (χ2v) is 15.5. The molecule has 290 valence electrons. The maximum atomic E-state index is 4.99. The van der Waals surface area contributed by atoms with Gasteiger partial charge in [0.2, 0.25) is 0 Å². The van der Waals surface area contributed by atoms with Gasteiger partial charge >= 0.3 is 0 Å². The van der Waals surface area contributed by atoms with Crippen molar-refractivity contribution in [2.24, 2.45) is 0 Å². The first-order chi connectivity index (χ1) is 30.7. The van der Waals surface area contributed by atoms with E-state index in [1.165, 1.54) is 32.8 Å². The molecule has 6 nitrogen and oxygen atoms in total. The summed E-state index contributed by atoms with van der Waals surface area (Å²) in [5.41, 5.74) is 14.0. The van der Waals surface area contributed by atoms with Crippen molar-refractivity contribution < 1.29 is 0 Å². The number of aromatic nitrogens is 6. The van der Waals surface area contributed by atoms with E-state index in [4.69, 9.17) is 19.9 Å². The van der Waals surface area contributed by atoms with Gasteiger partial charge in [-0.3, -0.25) is 4.98 Å². The molecule has 0 unspecified atom stereocenters. The van der Waals surface area contributed by atoms with Crippen LogP contribution in [0.4, 0.5) is 0 Å². The predicted molar refractivity (Wildman–Crippen MR) is 253 cm³/mol. The van der Waals surface area contributed by atoms with Crippen LogP contribution in [-0.2, 0) is 0 Å². The molecule has 12 aromatic rings. The van der Waals surface area contributed by atoms with Gasteiger partial charge in [-0.05, 0) is 71.3 Å². The molecule has 0 aliphatic rings.